The van der Waals surface area contributed by atoms with E-state index >= 15 is 0 Å². The average molecular weight is 315 g/mol. The lowest BCUT2D eigenvalue weighted by Crippen LogP contribution is -2.26. The second kappa shape index (κ2) is 6.62. The number of rotatable bonds is 5. The summed E-state index contributed by atoms with van der Waals surface area (Å²) in [6, 6.07) is 4.46. The largest absolute Gasteiger partial charge is 0.361 e. The first-order valence-electron chi connectivity index (χ1n) is 8.23. The zero-order chi connectivity index (χ0) is 16.4. The average Bonchev–Trinajstić information content (AvgIpc) is 3.14. The molecule has 0 saturated carbocycles. The normalized spacial score (nSPS) is 18.5. The number of aromatic nitrogens is 5. The Hall–Kier alpha value is -2.02. The molecule has 3 heterocycles. The van der Waals surface area contributed by atoms with Gasteiger partial charge in [-0.05, 0) is 45.4 Å². The monoisotopic (exact) mass is 315 g/mol. The maximum absolute atomic E-state index is 4.45. The topological polar surface area (TPSA) is 63.0 Å². The van der Waals surface area contributed by atoms with Gasteiger partial charge in [0.25, 0.3) is 0 Å². The third kappa shape index (κ3) is 3.19. The van der Waals surface area contributed by atoms with Crippen LogP contribution in [0.1, 0.15) is 43.1 Å². The third-order valence-corrected chi connectivity index (χ3v) is 4.51. The van der Waals surface area contributed by atoms with E-state index in [9.17, 15) is 0 Å². The molecule has 0 spiro atoms. The van der Waals surface area contributed by atoms with Crippen LogP contribution in [-0.2, 0) is 13.1 Å². The molecular formula is C16H25N7. The summed E-state index contributed by atoms with van der Waals surface area (Å²) in [6.07, 6.45) is 2.30. The Bertz CT molecular complexity index is 647. The van der Waals surface area contributed by atoms with E-state index in [-0.39, 0.29) is 0 Å². The molecule has 1 aliphatic rings. The lowest BCUT2D eigenvalue weighted by molar-refractivity contribution is 0.233. The number of likely N-dealkylation sites (tertiary alicyclic amines) is 1. The lowest BCUT2D eigenvalue weighted by atomic mass is 10.1. The summed E-state index contributed by atoms with van der Waals surface area (Å²) in [5, 5.41) is 17.3. The van der Waals surface area contributed by atoms with E-state index in [1.54, 1.807) is 0 Å². The van der Waals surface area contributed by atoms with E-state index in [4.69, 9.17) is 0 Å². The van der Waals surface area contributed by atoms with Crippen molar-refractivity contribution in [3.8, 4) is 0 Å². The highest BCUT2D eigenvalue weighted by Crippen LogP contribution is 2.32. The van der Waals surface area contributed by atoms with Gasteiger partial charge in [-0.2, -0.15) is 5.10 Å². The highest BCUT2D eigenvalue weighted by molar-refractivity contribution is 5.35. The van der Waals surface area contributed by atoms with Gasteiger partial charge in [-0.15, -0.1) is 15.3 Å². The molecule has 0 amide bonds. The Morgan fingerprint density at radius 1 is 1.17 bits per heavy atom. The van der Waals surface area contributed by atoms with Crippen molar-refractivity contribution >= 4 is 5.82 Å². The maximum Gasteiger partial charge on any atom is 0.150 e. The molecule has 1 unspecified atom stereocenters. The summed E-state index contributed by atoms with van der Waals surface area (Å²) in [4.78, 5) is 4.41. The van der Waals surface area contributed by atoms with E-state index in [1.807, 2.05) is 32.0 Å². The van der Waals surface area contributed by atoms with Gasteiger partial charge in [0.05, 0.1) is 18.3 Å². The van der Waals surface area contributed by atoms with Crippen LogP contribution in [0.15, 0.2) is 12.1 Å². The molecule has 0 aromatic carbocycles. The molecule has 0 bridgehead atoms. The number of aryl methyl sites for hydroxylation is 1. The van der Waals surface area contributed by atoms with Crippen LogP contribution >= 0.6 is 0 Å². The fraction of sp³-hybridized carbons (Fsp3) is 0.625. The van der Waals surface area contributed by atoms with Gasteiger partial charge in [0.1, 0.15) is 11.6 Å². The number of nitrogens with zero attached hydrogens (tertiary/aromatic N) is 7. The summed E-state index contributed by atoms with van der Waals surface area (Å²) >= 11 is 0. The molecule has 2 aromatic rings. The van der Waals surface area contributed by atoms with Crippen LogP contribution < -0.4 is 4.90 Å². The van der Waals surface area contributed by atoms with Crippen molar-refractivity contribution in [3.63, 3.8) is 0 Å². The Labute approximate surface area is 137 Å². The Morgan fingerprint density at radius 3 is 2.65 bits per heavy atom. The minimum absolute atomic E-state index is 0.320. The SMILES string of the molecule is CCn1c(C)nnc1CN1CCCC1c1ccc(N(C)C)nn1. The predicted molar refractivity (Wildman–Crippen MR) is 89.2 cm³/mol. The zero-order valence-electron chi connectivity index (χ0n) is 14.4. The molecule has 7 heteroatoms. The quantitative estimate of drug-likeness (QED) is 0.838. The van der Waals surface area contributed by atoms with Gasteiger partial charge in [-0.25, -0.2) is 0 Å². The first kappa shape index (κ1) is 15.9. The lowest BCUT2D eigenvalue weighted by Gasteiger charge is -2.23. The van der Waals surface area contributed by atoms with E-state index in [0.717, 1.165) is 49.2 Å². The second-order valence-electron chi connectivity index (χ2n) is 6.25. The highest BCUT2D eigenvalue weighted by atomic mass is 15.3. The van der Waals surface area contributed by atoms with E-state index in [2.05, 4.69) is 42.9 Å². The van der Waals surface area contributed by atoms with Gasteiger partial charge in [-0.3, -0.25) is 4.90 Å². The van der Waals surface area contributed by atoms with Crippen molar-refractivity contribution in [2.45, 2.75) is 45.8 Å². The first-order valence-corrected chi connectivity index (χ1v) is 8.23. The molecule has 1 saturated heterocycles. The molecule has 2 aromatic heterocycles. The molecule has 7 nitrogen and oxygen atoms in total. The number of hydrogen-bond donors (Lipinski definition) is 0. The van der Waals surface area contributed by atoms with Crippen LogP contribution in [0.5, 0.6) is 0 Å². The second-order valence-corrected chi connectivity index (χ2v) is 6.25. The Kier molecular flexibility index (Phi) is 4.56. The van der Waals surface area contributed by atoms with Gasteiger partial charge >= 0.3 is 0 Å². The molecule has 3 rings (SSSR count). The molecule has 124 valence electrons. The van der Waals surface area contributed by atoms with Crippen LogP contribution in [0.2, 0.25) is 0 Å². The van der Waals surface area contributed by atoms with E-state index in [0.29, 0.717) is 6.04 Å². The van der Waals surface area contributed by atoms with E-state index in [1.165, 1.54) is 6.42 Å². The first-order chi connectivity index (χ1) is 11.1. The van der Waals surface area contributed by atoms with Crippen molar-refractivity contribution in [2.75, 3.05) is 25.5 Å². The third-order valence-electron chi connectivity index (χ3n) is 4.51. The van der Waals surface area contributed by atoms with Crippen molar-refractivity contribution in [3.05, 3.63) is 29.5 Å². The van der Waals surface area contributed by atoms with Gasteiger partial charge < -0.3 is 9.47 Å². The van der Waals surface area contributed by atoms with Gasteiger partial charge in [0.2, 0.25) is 0 Å². The fourth-order valence-corrected chi connectivity index (χ4v) is 3.24. The van der Waals surface area contributed by atoms with Crippen molar-refractivity contribution in [1.82, 2.24) is 29.9 Å². The molecule has 0 radical (unpaired) electrons. The summed E-state index contributed by atoms with van der Waals surface area (Å²) in [5.74, 6) is 2.91. The van der Waals surface area contributed by atoms with Gasteiger partial charge in [-0.1, -0.05) is 0 Å². The van der Waals surface area contributed by atoms with Crippen molar-refractivity contribution < 1.29 is 0 Å². The van der Waals surface area contributed by atoms with Crippen LogP contribution in [-0.4, -0.2) is 50.5 Å². The summed E-state index contributed by atoms with van der Waals surface area (Å²) in [6.45, 7) is 6.93. The minimum Gasteiger partial charge on any atom is -0.361 e. The van der Waals surface area contributed by atoms with E-state index < -0.39 is 0 Å². The molecular weight excluding hydrogens is 290 g/mol. The fourth-order valence-electron chi connectivity index (χ4n) is 3.24. The summed E-state index contributed by atoms with van der Waals surface area (Å²) in [7, 11) is 3.96. The van der Waals surface area contributed by atoms with Crippen LogP contribution in [0.25, 0.3) is 0 Å². The molecule has 23 heavy (non-hydrogen) atoms. The molecule has 0 aliphatic carbocycles. The van der Waals surface area contributed by atoms with Crippen LogP contribution in [0.4, 0.5) is 5.82 Å². The predicted octanol–water partition coefficient (Wildman–Crippen LogP) is 1.80. The molecule has 1 fully saturated rings. The molecule has 1 aliphatic heterocycles. The van der Waals surface area contributed by atoms with Crippen molar-refractivity contribution in [2.24, 2.45) is 0 Å². The van der Waals surface area contributed by atoms with Gasteiger partial charge in [0.15, 0.2) is 5.82 Å². The molecule has 0 N–H and O–H groups in total. The zero-order valence-corrected chi connectivity index (χ0v) is 14.4. The highest BCUT2D eigenvalue weighted by Gasteiger charge is 2.28. The van der Waals surface area contributed by atoms with Crippen molar-refractivity contribution in [1.29, 1.82) is 0 Å². The number of anilines is 1. The maximum atomic E-state index is 4.45. The number of hydrogen-bond acceptors (Lipinski definition) is 6. The van der Waals surface area contributed by atoms with Crippen LogP contribution in [0, 0.1) is 6.92 Å². The smallest absolute Gasteiger partial charge is 0.150 e. The summed E-state index contributed by atoms with van der Waals surface area (Å²) < 4.78 is 2.18. The van der Waals surface area contributed by atoms with Gasteiger partial charge in [0, 0.05) is 20.6 Å². The standard InChI is InChI=1S/C16H25N7/c1-5-23-12(2)17-20-16(23)11-22-10-6-7-14(22)13-8-9-15(19-18-13)21(3)4/h8-9,14H,5-7,10-11H2,1-4H3. The Balaban J connectivity index is 1.77. The minimum atomic E-state index is 0.320. The summed E-state index contributed by atoms with van der Waals surface area (Å²) in [5.41, 5.74) is 1.05. The molecule has 1 atom stereocenters. The Morgan fingerprint density at radius 2 is 2.00 bits per heavy atom. The van der Waals surface area contributed by atoms with Crippen LogP contribution in [0.3, 0.4) is 0 Å².